The molecule has 1 N–H and O–H groups in total. The number of rotatable bonds is 10. The maximum absolute atomic E-state index is 14.1. The van der Waals surface area contributed by atoms with E-state index in [4.69, 9.17) is 9.47 Å². The van der Waals surface area contributed by atoms with Crippen LogP contribution in [0.4, 0.5) is 13.2 Å². The first-order valence-electron chi connectivity index (χ1n) is 15.7. The predicted molar refractivity (Wildman–Crippen MR) is 165 cm³/mol. The van der Waals surface area contributed by atoms with Crippen LogP contribution in [0.5, 0.6) is 5.75 Å². The van der Waals surface area contributed by atoms with Crippen LogP contribution in [-0.4, -0.2) is 130 Å². The molecule has 2 atom stereocenters. The summed E-state index contributed by atoms with van der Waals surface area (Å²) in [6, 6.07) is 7.33. The Labute approximate surface area is 268 Å². The van der Waals surface area contributed by atoms with Crippen LogP contribution in [0.15, 0.2) is 41.3 Å². The molecule has 0 saturated carbocycles. The predicted octanol–water partition coefficient (Wildman–Crippen LogP) is 3.22. The lowest BCUT2D eigenvalue weighted by atomic mass is 9.99. The molecule has 0 unspecified atom stereocenters. The Kier molecular flexibility index (Phi) is 11.0. The second-order valence-corrected chi connectivity index (χ2v) is 14.3. The normalized spacial score (nSPS) is 22.4. The summed E-state index contributed by atoms with van der Waals surface area (Å²) < 4.78 is 80.9. The van der Waals surface area contributed by atoms with Gasteiger partial charge in [0, 0.05) is 77.6 Å². The topological polar surface area (TPSA) is 103 Å². The zero-order chi connectivity index (χ0) is 33.1. The van der Waals surface area contributed by atoms with Gasteiger partial charge in [-0.25, -0.2) is 8.42 Å². The van der Waals surface area contributed by atoms with Crippen LogP contribution in [0.3, 0.4) is 0 Å². The van der Waals surface area contributed by atoms with Crippen LogP contribution < -0.4 is 0 Å². The molecule has 0 radical (unpaired) electrons. The quantitative estimate of drug-likeness (QED) is 0.412. The fraction of sp³-hybridized carbons (Fsp3) is 0.594. The average Bonchev–Trinajstić information content (AvgIpc) is 3.58. The van der Waals surface area contributed by atoms with Gasteiger partial charge in [-0.15, -0.1) is 0 Å². The lowest BCUT2D eigenvalue weighted by Gasteiger charge is -2.43. The van der Waals surface area contributed by atoms with Gasteiger partial charge in [-0.05, 0) is 61.6 Å². The Morgan fingerprint density at radius 3 is 2.39 bits per heavy atom. The number of sulfonamides is 1. The fourth-order valence-corrected chi connectivity index (χ4v) is 8.04. The smallest absolute Gasteiger partial charge is 0.416 e. The monoisotopic (exact) mass is 668 g/mol. The lowest BCUT2D eigenvalue weighted by Crippen LogP contribution is -2.57. The third kappa shape index (κ3) is 8.20. The molecule has 14 heteroatoms. The number of methoxy groups -OCH3 is 1. The van der Waals surface area contributed by atoms with Crippen molar-refractivity contribution in [3.8, 4) is 5.75 Å². The van der Waals surface area contributed by atoms with E-state index in [0.717, 1.165) is 43.9 Å². The van der Waals surface area contributed by atoms with Crippen LogP contribution in [0.2, 0.25) is 0 Å². The molecule has 3 aliphatic heterocycles. The molecule has 0 aliphatic carbocycles. The molecule has 3 saturated heterocycles. The zero-order valence-corrected chi connectivity index (χ0v) is 27.2. The maximum atomic E-state index is 14.1. The van der Waals surface area contributed by atoms with Crippen LogP contribution >= 0.6 is 0 Å². The van der Waals surface area contributed by atoms with Crippen molar-refractivity contribution in [3.05, 3.63) is 58.7 Å². The third-order valence-electron chi connectivity index (χ3n) is 9.06. The van der Waals surface area contributed by atoms with E-state index in [1.54, 1.807) is 31.1 Å². The highest BCUT2D eigenvalue weighted by atomic mass is 32.2. The first kappa shape index (κ1) is 34.6. The summed E-state index contributed by atoms with van der Waals surface area (Å²) in [5, 5.41) is 10.3. The van der Waals surface area contributed by atoms with Crippen LogP contribution in [0.25, 0.3) is 0 Å². The van der Waals surface area contributed by atoms with Crippen molar-refractivity contribution in [2.24, 2.45) is 0 Å². The number of piperazine rings is 1. The summed E-state index contributed by atoms with van der Waals surface area (Å²) in [5.74, 6) is -0.531. The number of ether oxygens (including phenoxy) is 2. The summed E-state index contributed by atoms with van der Waals surface area (Å²) >= 11 is 0. The SMILES string of the molecule is COC[C@@H]1CN(CCN2CCN(C(=O)c3cc(C(F)(F)F)cc(S(=O)(=O)N4CCCC4)c3)[C@H](Cc3ccc(C)c(O)c3)C2)CCO1. The molecule has 3 aliphatic rings. The molecule has 2 aromatic carbocycles. The molecule has 1 amide bonds. The van der Waals surface area contributed by atoms with Gasteiger partial charge in [-0.1, -0.05) is 12.1 Å². The minimum Gasteiger partial charge on any atom is -0.508 e. The molecule has 254 valence electrons. The Hall–Kier alpha value is -2.75. The van der Waals surface area contributed by atoms with Crippen molar-refractivity contribution in [2.45, 2.75) is 49.4 Å². The van der Waals surface area contributed by atoms with E-state index in [2.05, 4.69) is 9.80 Å². The van der Waals surface area contributed by atoms with Crippen molar-refractivity contribution in [2.75, 3.05) is 79.2 Å². The van der Waals surface area contributed by atoms with Gasteiger partial charge in [0.25, 0.3) is 5.91 Å². The van der Waals surface area contributed by atoms with Gasteiger partial charge >= 0.3 is 6.18 Å². The second-order valence-electron chi connectivity index (χ2n) is 12.4. The Morgan fingerprint density at radius 1 is 1.00 bits per heavy atom. The van der Waals surface area contributed by atoms with Gasteiger partial charge in [0.05, 0.1) is 29.8 Å². The van der Waals surface area contributed by atoms with Gasteiger partial charge in [-0.2, -0.15) is 17.5 Å². The number of halogens is 3. The molecule has 3 heterocycles. The number of phenolic OH excluding ortho intramolecular Hbond substituents is 1. The number of aromatic hydroxyl groups is 1. The number of carbonyl (C=O) groups is 1. The van der Waals surface area contributed by atoms with Gasteiger partial charge in [0.1, 0.15) is 5.75 Å². The Morgan fingerprint density at radius 2 is 1.72 bits per heavy atom. The molecule has 0 bridgehead atoms. The van der Waals surface area contributed by atoms with Crippen LogP contribution in [0, 0.1) is 6.92 Å². The summed E-state index contributed by atoms with van der Waals surface area (Å²) in [5.41, 5.74) is 0.00184. The van der Waals surface area contributed by atoms with Crippen molar-refractivity contribution >= 4 is 15.9 Å². The van der Waals surface area contributed by atoms with Crippen molar-refractivity contribution in [3.63, 3.8) is 0 Å². The minimum absolute atomic E-state index is 0.00168. The number of hydrogen-bond acceptors (Lipinski definition) is 8. The summed E-state index contributed by atoms with van der Waals surface area (Å²) in [6.07, 6.45) is -3.22. The summed E-state index contributed by atoms with van der Waals surface area (Å²) in [4.78, 5) is 19.6. The molecule has 10 nitrogen and oxygen atoms in total. The molecule has 3 fully saturated rings. The van der Waals surface area contributed by atoms with Gasteiger partial charge in [-0.3, -0.25) is 14.6 Å². The van der Waals surface area contributed by atoms with E-state index in [-0.39, 0.29) is 37.1 Å². The van der Waals surface area contributed by atoms with E-state index in [1.165, 1.54) is 4.31 Å². The highest BCUT2D eigenvalue weighted by Gasteiger charge is 2.37. The molecule has 5 rings (SSSR count). The Balaban J connectivity index is 1.39. The molecular formula is C32H43F3N4O6S. The standard InChI is InChI=1S/C32H43F3N4O6S/c1-23-5-6-24(16-30(23)40)15-27-20-36(9-10-37-13-14-45-28(21-37)22-44-2)11-12-39(27)31(41)25-17-26(32(33,34)35)19-29(18-25)46(42,43)38-7-3-4-8-38/h5-6,16-19,27-28,40H,3-4,7-15,20-22H2,1-2H3/t27-,28+/m1/s1. The maximum Gasteiger partial charge on any atom is 0.416 e. The van der Waals surface area contributed by atoms with E-state index in [1.807, 2.05) is 6.07 Å². The second kappa shape index (κ2) is 14.6. The number of aryl methyl sites for hydroxylation is 1. The van der Waals surface area contributed by atoms with E-state index in [0.29, 0.717) is 57.2 Å². The largest absolute Gasteiger partial charge is 0.508 e. The van der Waals surface area contributed by atoms with Gasteiger partial charge in [0.15, 0.2) is 0 Å². The van der Waals surface area contributed by atoms with Crippen LogP contribution in [-0.2, 0) is 32.1 Å². The number of hydrogen-bond donors (Lipinski definition) is 1. The highest BCUT2D eigenvalue weighted by Crippen LogP contribution is 2.34. The number of phenols is 1. The van der Waals surface area contributed by atoms with Crippen molar-refractivity contribution in [1.82, 2.24) is 19.0 Å². The number of benzene rings is 2. The minimum atomic E-state index is -4.84. The fourth-order valence-electron chi connectivity index (χ4n) is 6.45. The number of amides is 1. The van der Waals surface area contributed by atoms with E-state index < -0.39 is 38.6 Å². The van der Waals surface area contributed by atoms with E-state index in [9.17, 15) is 31.5 Å². The molecule has 46 heavy (non-hydrogen) atoms. The molecular weight excluding hydrogens is 625 g/mol. The average molecular weight is 669 g/mol. The third-order valence-corrected chi connectivity index (χ3v) is 10.9. The molecule has 0 aromatic heterocycles. The van der Waals surface area contributed by atoms with Gasteiger partial charge < -0.3 is 19.5 Å². The first-order chi connectivity index (χ1) is 21.8. The van der Waals surface area contributed by atoms with Crippen molar-refractivity contribution < 1.29 is 41.0 Å². The number of morpholine rings is 1. The van der Waals surface area contributed by atoms with E-state index >= 15 is 0 Å². The lowest BCUT2D eigenvalue weighted by molar-refractivity contribution is -0.137. The summed E-state index contributed by atoms with van der Waals surface area (Å²) in [7, 11) is -2.57. The first-order valence-corrected chi connectivity index (χ1v) is 17.2. The zero-order valence-electron chi connectivity index (χ0n) is 26.3. The number of alkyl halides is 3. The molecule has 0 spiro atoms. The number of carbonyl (C=O) groups excluding carboxylic acids is 1. The number of nitrogens with zero attached hydrogens (tertiary/aromatic N) is 4. The van der Waals surface area contributed by atoms with Gasteiger partial charge in [0.2, 0.25) is 10.0 Å². The Bertz CT molecular complexity index is 1480. The highest BCUT2D eigenvalue weighted by molar-refractivity contribution is 7.89. The molecule has 2 aromatic rings. The summed E-state index contributed by atoms with van der Waals surface area (Å²) in [6.45, 7) is 7.62. The van der Waals surface area contributed by atoms with Crippen LogP contribution in [0.1, 0.15) is 39.9 Å². The van der Waals surface area contributed by atoms with Crippen molar-refractivity contribution in [1.29, 1.82) is 0 Å².